The lowest BCUT2D eigenvalue weighted by molar-refractivity contribution is 0.122. The number of ether oxygens (including phenoxy) is 1. The van der Waals surface area contributed by atoms with E-state index in [1.165, 1.54) is 0 Å². The maximum atomic E-state index is 11.4. The fourth-order valence-electron chi connectivity index (χ4n) is 2.80. The summed E-state index contributed by atoms with van der Waals surface area (Å²) in [6.07, 6.45) is 4.98. The maximum absolute atomic E-state index is 11.4. The molecule has 1 saturated heterocycles. The highest BCUT2D eigenvalue weighted by atomic mass is 16.6. The van der Waals surface area contributed by atoms with Gasteiger partial charge in [-0.2, -0.15) is 0 Å². The first-order valence-electron chi connectivity index (χ1n) is 6.82. The Bertz CT molecular complexity index is 452. The molecule has 1 amide bonds. The van der Waals surface area contributed by atoms with E-state index in [0.717, 1.165) is 37.1 Å². The second-order valence-corrected chi connectivity index (χ2v) is 5.21. The van der Waals surface area contributed by atoms with Crippen LogP contribution in [-0.2, 0) is 4.74 Å². The van der Waals surface area contributed by atoms with Gasteiger partial charge in [-0.15, -0.1) is 0 Å². The number of aliphatic hydroxyl groups is 1. The van der Waals surface area contributed by atoms with E-state index >= 15 is 0 Å². The molecule has 0 spiro atoms. The van der Waals surface area contributed by atoms with E-state index in [0.29, 0.717) is 19.1 Å². The van der Waals surface area contributed by atoms with Gasteiger partial charge in [0, 0.05) is 11.6 Å². The van der Waals surface area contributed by atoms with E-state index in [9.17, 15) is 9.90 Å². The third kappa shape index (κ3) is 2.56. The van der Waals surface area contributed by atoms with E-state index in [1.807, 2.05) is 12.1 Å². The standard InChI is InChI=1S/C14H18N2O3/c17-12-4-1-10(2-5-12)13-6-3-11(9-15-13)16-7-8-19-14(16)18/h3,6,9-10,12,17H,1-2,4-5,7-8H2. The number of aliphatic hydroxyl groups excluding tert-OH is 1. The second-order valence-electron chi connectivity index (χ2n) is 5.21. The van der Waals surface area contributed by atoms with Crippen LogP contribution in [0.25, 0.3) is 0 Å². The molecule has 5 heteroatoms. The zero-order valence-corrected chi connectivity index (χ0v) is 10.8. The van der Waals surface area contributed by atoms with Crippen molar-refractivity contribution >= 4 is 11.8 Å². The van der Waals surface area contributed by atoms with E-state index < -0.39 is 0 Å². The summed E-state index contributed by atoms with van der Waals surface area (Å²) in [5, 5.41) is 9.51. The maximum Gasteiger partial charge on any atom is 0.414 e. The number of pyridine rings is 1. The molecule has 1 saturated carbocycles. The van der Waals surface area contributed by atoms with Gasteiger partial charge in [0.05, 0.1) is 24.5 Å². The van der Waals surface area contributed by atoms with Crippen molar-refractivity contribution in [2.45, 2.75) is 37.7 Å². The number of anilines is 1. The van der Waals surface area contributed by atoms with Crippen LogP contribution >= 0.6 is 0 Å². The molecule has 0 atom stereocenters. The Labute approximate surface area is 112 Å². The highest BCUT2D eigenvalue weighted by molar-refractivity contribution is 5.89. The molecule has 3 rings (SSSR count). The van der Waals surface area contributed by atoms with E-state index in [4.69, 9.17) is 4.74 Å². The van der Waals surface area contributed by atoms with Crippen LogP contribution in [0.4, 0.5) is 10.5 Å². The van der Waals surface area contributed by atoms with Crippen molar-refractivity contribution in [1.82, 2.24) is 4.98 Å². The summed E-state index contributed by atoms with van der Waals surface area (Å²) in [7, 11) is 0. The molecule has 0 bridgehead atoms. The summed E-state index contributed by atoms with van der Waals surface area (Å²) in [6.45, 7) is 1.04. The molecule has 19 heavy (non-hydrogen) atoms. The molecular formula is C14H18N2O3. The minimum Gasteiger partial charge on any atom is -0.447 e. The van der Waals surface area contributed by atoms with Gasteiger partial charge in [-0.05, 0) is 37.8 Å². The lowest BCUT2D eigenvalue weighted by atomic mass is 9.85. The molecule has 1 N–H and O–H groups in total. The Morgan fingerprint density at radius 3 is 2.63 bits per heavy atom. The lowest BCUT2D eigenvalue weighted by Crippen LogP contribution is -2.23. The molecule has 1 aromatic rings. The molecule has 1 aliphatic carbocycles. The summed E-state index contributed by atoms with van der Waals surface area (Å²) in [4.78, 5) is 17.5. The van der Waals surface area contributed by atoms with Gasteiger partial charge in [0.2, 0.25) is 0 Å². The molecule has 0 radical (unpaired) electrons. The van der Waals surface area contributed by atoms with Crippen LogP contribution < -0.4 is 4.90 Å². The summed E-state index contributed by atoms with van der Waals surface area (Å²) in [5.41, 5.74) is 1.85. The topological polar surface area (TPSA) is 62.7 Å². The number of rotatable bonds is 2. The minimum atomic E-state index is -0.296. The SMILES string of the molecule is O=C1OCCN1c1ccc(C2CCC(O)CC2)nc1. The number of hydrogen-bond donors (Lipinski definition) is 1. The average Bonchev–Trinajstić information content (AvgIpc) is 2.86. The smallest absolute Gasteiger partial charge is 0.414 e. The minimum absolute atomic E-state index is 0.144. The molecule has 2 aliphatic rings. The monoisotopic (exact) mass is 262 g/mol. The molecule has 5 nitrogen and oxygen atoms in total. The Morgan fingerprint density at radius 2 is 2.05 bits per heavy atom. The second kappa shape index (κ2) is 5.17. The zero-order valence-electron chi connectivity index (χ0n) is 10.8. The lowest BCUT2D eigenvalue weighted by Gasteiger charge is -2.25. The van der Waals surface area contributed by atoms with Gasteiger partial charge < -0.3 is 9.84 Å². The highest BCUT2D eigenvalue weighted by Gasteiger charge is 2.25. The average molecular weight is 262 g/mol. The van der Waals surface area contributed by atoms with Crippen molar-refractivity contribution in [3.05, 3.63) is 24.0 Å². The van der Waals surface area contributed by atoms with Crippen molar-refractivity contribution in [3.63, 3.8) is 0 Å². The Hall–Kier alpha value is -1.62. The molecule has 0 aromatic carbocycles. The van der Waals surface area contributed by atoms with Crippen molar-refractivity contribution in [2.24, 2.45) is 0 Å². The number of hydrogen-bond acceptors (Lipinski definition) is 4. The summed E-state index contributed by atoms with van der Waals surface area (Å²) in [5.74, 6) is 0.433. The van der Waals surface area contributed by atoms with Crippen LogP contribution in [0.3, 0.4) is 0 Å². The van der Waals surface area contributed by atoms with Crippen LogP contribution in [0.5, 0.6) is 0 Å². The van der Waals surface area contributed by atoms with Gasteiger partial charge in [0.1, 0.15) is 6.61 Å². The first-order valence-corrected chi connectivity index (χ1v) is 6.82. The third-order valence-corrected chi connectivity index (χ3v) is 3.96. The quantitative estimate of drug-likeness (QED) is 0.886. The van der Waals surface area contributed by atoms with Crippen molar-refractivity contribution in [1.29, 1.82) is 0 Å². The van der Waals surface area contributed by atoms with Crippen molar-refractivity contribution in [2.75, 3.05) is 18.1 Å². The van der Waals surface area contributed by atoms with Crippen molar-refractivity contribution in [3.8, 4) is 0 Å². The molecule has 2 heterocycles. The zero-order chi connectivity index (χ0) is 13.2. The fraction of sp³-hybridized carbons (Fsp3) is 0.571. The van der Waals surface area contributed by atoms with Gasteiger partial charge in [-0.25, -0.2) is 4.79 Å². The Morgan fingerprint density at radius 1 is 1.26 bits per heavy atom. The summed E-state index contributed by atoms with van der Waals surface area (Å²) < 4.78 is 4.91. The van der Waals surface area contributed by atoms with Crippen LogP contribution in [-0.4, -0.2) is 35.4 Å². The molecule has 102 valence electrons. The summed E-state index contributed by atoms with van der Waals surface area (Å²) >= 11 is 0. The first-order chi connectivity index (χ1) is 9.24. The van der Waals surface area contributed by atoms with Crippen LogP contribution in [0.15, 0.2) is 18.3 Å². The predicted octanol–water partition coefficient (Wildman–Crippen LogP) is 2.06. The fourth-order valence-corrected chi connectivity index (χ4v) is 2.80. The highest BCUT2D eigenvalue weighted by Crippen LogP contribution is 2.32. The van der Waals surface area contributed by atoms with Crippen molar-refractivity contribution < 1.29 is 14.6 Å². The van der Waals surface area contributed by atoms with Gasteiger partial charge >= 0.3 is 6.09 Å². The predicted molar refractivity (Wildman–Crippen MR) is 70.1 cm³/mol. The normalized spacial score (nSPS) is 27.4. The van der Waals surface area contributed by atoms with Crippen LogP contribution in [0.1, 0.15) is 37.3 Å². The molecular weight excluding hydrogens is 244 g/mol. The Balaban J connectivity index is 1.70. The number of aromatic nitrogens is 1. The molecule has 1 aromatic heterocycles. The molecule has 0 unspecified atom stereocenters. The van der Waals surface area contributed by atoms with E-state index in [1.54, 1.807) is 11.1 Å². The van der Waals surface area contributed by atoms with Gasteiger partial charge in [-0.1, -0.05) is 0 Å². The number of carbonyl (C=O) groups excluding carboxylic acids is 1. The number of cyclic esters (lactones) is 1. The summed E-state index contributed by atoms with van der Waals surface area (Å²) in [6, 6.07) is 3.92. The first kappa shape index (κ1) is 12.4. The van der Waals surface area contributed by atoms with Crippen LogP contribution in [0, 0.1) is 0 Å². The number of amides is 1. The van der Waals surface area contributed by atoms with E-state index in [2.05, 4.69) is 4.98 Å². The van der Waals surface area contributed by atoms with E-state index in [-0.39, 0.29) is 12.2 Å². The van der Waals surface area contributed by atoms with Gasteiger partial charge in [0.25, 0.3) is 0 Å². The largest absolute Gasteiger partial charge is 0.447 e. The number of carbonyl (C=O) groups is 1. The molecule has 2 fully saturated rings. The van der Waals surface area contributed by atoms with Gasteiger partial charge in [-0.3, -0.25) is 9.88 Å². The Kier molecular flexibility index (Phi) is 3.38. The third-order valence-electron chi connectivity index (χ3n) is 3.96. The number of nitrogens with zero attached hydrogens (tertiary/aromatic N) is 2. The molecule has 1 aliphatic heterocycles. The van der Waals surface area contributed by atoms with Crippen LogP contribution in [0.2, 0.25) is 0 Å². The van der Waals surface area contributed by atoms with Gasteiger partial charge in [0.15, 0.2) is 0 Å².